The first-order valence-electron chi connectivity index (χ1n) is 6.88. The topological polar surface area (TPSA) is 69.2 Å². The largest absolute Gasteiger partial charge is 0.382 e. The second-order valence-electron chi connectivity index (χ2n) is 5.17. The van der Waals surface area contributed by atoms with Crippen molar-refractivity contribution in [2.75, 3.05) is 31.6 Å². The summed E-state index contributed by atoms with van der Waals surface area (Å²) in [6, 6.07) is 6.21. The number of aromatic nitrogens is 1. The maximum Gasteiger partial charge on any atom is 0.141 e. The maximum atomic E-state index is 7.50. The summed E-state index contributed by atoms with van der Waals surface area (Å²) >= 11 is 0. The number of rotatable bonds is 3. The van der Waals surface area contributed by atoms with E-state index >= 15 is 0 Å². The molecular weight excluding hydrogens is 238 g/mol. The molecular formula is C14H23N5. The molecule has 3 N–H and O–H groups in total. The van der Waals surface area contributed by atoms with E-state index in [1.54, 1.807) is 6.07 Å². The highest BCUT2D eigenvalue weighted by Crippen LogP contribution is 2.20. The van der Waals surface area contributed by atoms with E-state index in [4.69, 9.17) is 11.1 Å². The van der Waals surface area contributed by atoms with Crippen molar-refractivity contribution in [1.29, 1.82) is 5.41 Å². The number of pyridine rings is 1. The summed E-state index contributed by atoms with van der Waals surface area (Å²) in [7, 11) is 2.17. The SMILES string of the molecule is CCC1CN(C)CCCN1c1cccc(C(=N)N)n1. The summed E-state index contributed by atoms with van der Waals surface area (Å²) in [6.45, 7) is 5.41. The van der Waals surface area contributed by atoms with E-state index < -0.39 is 0 Å². The van der Waals surface area contributed by atoms with Crippen molar-refractivity contribution in [1.82, 2.24) is 9.88 Å². The van der Waals surface area contributed by atoms with E-state index in [0.717, 1.165) is 38.3 Å². The quantitative estimate of drug-likeness (QED) is 0.635. The van der Waals surface area contributed by atoms with Gasteiger partial charge in [-0.05, 0) is 38.6 Å². The summed E-state index contributed by atoms with van der Waals surface area (Å²) in [5.41, 5.74) is 6.09. The van der Waals surface area contributed by atoms with Crippen LogP contribution in [0.5, 0.6) is 0 Å². The molecule has 2 rings (SSSR count). The lowest BCUT2D eigenvalue weighted by Gasteiger charge is -2.31. The zero-order valence-electron chi connectivity index (χ0n) is 11.8. The van der Waals surface area contributed by atoms with Crippen LogP contribution in [0.2, 0.25) is 0 Å². The summed E-state index contributed by atoms with van der Waals surface area (Å²) in [5.74, 6) is 0.969. The Hall–Kier alpha value is -1.62. The van der Waals surface area contributed by atoms with Crippen molar-refractivity contribution in [3.05, 3.63) is 23.9 Å². The van der Waals surface area contributed by atoms with E-state index in [0.29, 0.717) is 11.7 Å². The van der Waals surface area contributed by atoms with Gasteiger partial charge in [-0.1, -0.05) is 13.0 Å². The smallest absolute Gasteiger partial charge is 0.141 e. The Morgan fingerprint density at radius 3 is 2.95 bits per heavy atom. The molecule has 5 heteroatoms. The molecule has 1 aromatic rings. The fraction of sp³-hybridized carbons (Fsp3) is 0.571. The van der Waals surface area contributed by atoms with Crippen molar-refractivity contribution < 1.29 is 0 Å². The lowest BCUT2D eigenvalue weighted by Crippen LogP contribution is -2.40. The molecule has 2 heterocycles. The third kappa shape index (κ3) is 3.23. The first-order chi connectivity index (χ1) is 9.11. The molecule has 0 spiro atoms. The highest BCUT2D eigenvalue weighted by Gasteiger charge is 2.23. The second-order valence-corrected chi connectivity index (χ2v) is 5.17. The number of anilines is 1. The van der Waals surface area contributed by atoms with Gasteiger partial charge in [-0.3, -0.25) is 5.41 Å². The number of nitrogens with two attached hydrogens (primary N) is 1. The van der Waals surface area contributed by atoms with Crippen LogP contribution < -0.4 is 10.6 Å². The molecule has 0 amide bonds. The normalized spacial score (nSPS) is 21.2. The third-order valence-corrected chi connectivity index (χ3v) is 3.68. The molecule has 0 bridgehead atoms. The van der Waals surface area contributed by atoms with Gasteiger partial charge in [-0.15, -0.1) is 0 Å². The Morgan fingerprint density at radius 2 is 2.26 bits per heavy atom. The van der Waals surface area contributed by atoms with Gasteiger partial charge in [0.2, 0.25) is 0 Å². The Kier molecular flexibility index (Phi) is 4.37. The van der Waals surface area contributed by atoms with E-state index in [-0.39, 0.29) is 5.84 Å². The van der Waals surface area contributed by atoms with E-state index in [1.165, 1.54) is 0 Å². The van der Waals surface area contributed by atoms with Crippen LogP contribution in [0.3, 0.4) is 0 Å². The van der Waals surface area contributed by atoms with Crippen molar-refractivity contribution in [2.24, 2.45) is 5.73 Å². The van der Waals surface area contributed by atoms with E-state index in [9.17, 15) is 0 Å². The Labute approximate surface area is 114 Å². The van der Waals surface area contributed by atoms with Gasteiger partial charge in [0.05, 0.1) is 0 Å². The molecule has 0 radical (unpaired) electrons. The van der Waals surface area contributed by atoms with Gasteiger partial charge >= 0.3 is 0 Å². The predicted octanol–water partition coefficient (Wildman–Crippen LogP) is 1.29. The van der Waals surface area contributed by atoms with Crippen molar-refractivity contribution in [3.63, 3.8) is 0 Å². The molecule has 0 aromatic carbocycles. The molecule has 1 atom stereocenters. The fourth-order valence-electron chi connectivity index (χ4n) is 2.63. The van der Waals surface area contributed by atoms with Crippen molar-refractivity contribution in [2.45, 2.75) is 25.8 Å². The number of nitrogens with zero attached hydrogens (tertiary/aromatic N) is 3. The molecule has 1 aliphatic rings. The van der Waals surface area contributed by atoms with Gasteiger partial charge in [0, 0.05) is 19.1 Å². The minimum Gasteiger partial charge on any atom is -0.382 e. The Bertz CT molecular complexity index is 445. The highest BCUT2D eigenvalue weighted by molar-refractivity contribution is 5.93. The number of nitrogen functional groups attached to an aromatic ring is 1. The molecule has 104 valence electrons. The molecule has 19 heavy (non-hydrogen) atoms. The molecule has 1 aromatic heterocycles. The second kappa shape index (κ2) is 6.02. The van der Waals surface area contributed by atoms with Gasteiger partial charge in [0.25, 0.3) is 0 Å². The predicted molar refractivity (Wildman–Crippen MR) is 78.8 cm³/mol. The van der Waals surface area contributed by atoms with Crippen LogP contribution in [0.1, 0.15) is 25.5 Å². The lowest BCUT2D eigenvalue weighted by atomic mass is 10.2. The number of nitrogens with one attached hydrogen (secondary N) is 1. The maximum absolute atomic E-state index is 7.50. The monoisotopic (exact) mass is 261 g/mol. The molecule has 0 aliphatic carbocycles. The van der Waals surface area contributed by atoms with Gasteiger partial charge in [0.1, 0.15) is 17.3 Å². The average Bonchev–Trinajstić information content (AvgIpc) is 2.60. The van der Waals surface area contributed by atoms with Gasteiger partial charge in [-0.2, -0.15) is 0 Å². The van der Waals surface area contributed by atoms with Crippen molar-refractivity contribution >= 4 is 11.7 Å². The van der Waals surface area contributed by atoms with Crippen LogP contribution in [-0.4, -0.2) is 48.4 Å². The molecule has 1 aliphatic heterocycles. The van der Waals surface area contributed by atoms with E-state index in [1.807, 2.05) is 12.1 Å². The van der Waals surface area contributed by atoms with Crippen LogP contribution in [-0.2, 0) is 0 Å². The first-order valence-corrected chi connectivity index (χ1v) is 6.88. The van der Waals surface area contributed by atoms with Gasteiger partial charge in [-0.25, -0.2) is 4.98 Å². The van der Waals surface area contributed by atoms with Crippen LogP contribution in [0.4, 0.5) is 5.82 Å². The van der Waals surface area contributed by atoms with Crippen LogP contribution >= 0.6 is 0 Å². The number of amidine groups is 1. The summed E-state index contributed by atoms with van der Waals surface area (Å²) in [5, 5.41) is 7.50. The minimum absolute atomic E-state index is 0.0295. The molecule has 1 fully saturated rings. The first kappa shape index (κ1) is 13.8. The number of likely N-dealkylation sites (N-methyl/N-ethyl adjacent to an activating group) is 1. The Morgan fingerprint density at radius 1 is 1.47 bits per heavy atom. The van der Waals surface area contributed by atoms with E-state index in [2.05, 4.69) is 28.8 Å². The van der Waals surface area contributed by atoms with Gasteiger partial charge in [0.15, 0.2) is 0 Å². The molecule has 1 unspecified atom stereocenters. The zero-order chi connectivity index (χ0) is 13.8. The molecule has 5 nitrogen and oxygen atoms in total. The van der Waals surface area contributed by atoms with Crippen LogP contribution in [0.15, 0.2) is 18.2 Å². The third-order valence-electron chi connectivity index (χ3n) is 3.68. The highest BCUT2D eigenvalue weighted by atomic mass is 15.3. The van der Waals surface area contributed by atoms with Gasteiger partial charge < -0.3 is 15.5 Å². The number of hydrogen-bond acceptors (Lipinski definition) is 4. The summed E-state index contributed by atoms with van der Waals surface area (Å²) in [6.07, 6.45) is 2.23. The fourth-order valence-corrected chi connectivity index (χ4v) is 2.63. The molecule has 0 saturated carbocycles. The zero-order valence-corrected chi connectivity index (χ0v) is 11.8. The van der Waals surface area contributed by atoms with Crippen LogP contribution in [0, 0.1) is 5.41 Å². The summed E-state index contributed by atoms with van der Waals surface area (Å²) < 4.78 is 0. The van der Waals surface area contributed by atoms with Crippen molar-refractivity contribution in [3.8, 4) is 0 Å². The summed E-state index contributed by atoms with van der Waals surface area (Å²) in [4.78, 5) is 9.25. The Balaban J connectivity index is 2.27. The minimum atomic E-state index is 0.0295. The lowest BCUT2D eigenvalue weighted by molar-refractivity contribution is 0.327. The average molecular weight is 261 g/mol. The molecule has 1 saturated heterocycles. The standard InChI is InChI=1S/C14H23N5/c1-3-11-10-18(2)8-5-9-19(11)13-7-4-6-12(17-13)14(15)16/h4,6-7,11H,3,5,8-10H2,1-2H3,(H3,15,16). The van der Waals surface area contributed by atoms with Crippen LogP contribution in [0.25, 0.3) is 0 Å². The number of hydrogen-bond donors (Lipinski definition) is 2.